The van der Waals surface area contributed by atoms with Gasteiger partial charge in [-0.05, 0) is 24.3 Å². The van der Waals surface area contributed by atoms with Gasteiger partial charge < -0.3 is 9.84 Å². The Labute approximate surface area is 103 Å². The van der Waals surface area contributed by atoms with Gasteiger partial charge in [-0.3, -0.25) is 0 Å². The molecule has 0 fully saturated rings. The molecule has 0 saturated heterocycles. The van der Waals surface area contributed by atoms with Crippen LogP contribution in [-0.2, 0) is 0 Å². The van der Waals surface area contributed by atoms with Gasteiger partial charge in [-0.2, -0.15) is 0 Å². The molecule has 1 N–H and O–H groups in total. The van der Waals surface area contributed by atoms with Gasteiger partial charge in [0.2, 0.25) is 0 Å². The van der Waals surface area contributed by atoms with Crippen LogP contribution in [-0.4, -0.2) is 63.6 Å². The molecule has 0 bridgehead atoms. The van der Waals surface area contributed by atoms with Gasteiger partial charge in [-0.15, -0.1) is 0 Å². The fourth-order valence-electron chi connectivity index (χ4n) is 0.582. The van der Waals surface area contributed by atoms with Crippen LogP contribution in [0.4, 0.5) is 0 Å². The second-order valence-corrected chi connectivity index (χ2v) is 1.70. The molecular formula is C7H9KO2. The maximum absolute atomic E-state index is 8.80. The van der Waals surface area contributed by atoms with Gasteiger partial charge in [-0.25, -0.2) is 0 Å². The van der Waals surface area contributed by atoms with E-state index in [1.807, 2.05) is 0 Å². The number of benzene rings is 1. The first-order valence-corrected chi connectivity index (χ1v) is 2.66. The van der Waals surface area contributed by atoms with Crippen molar-refractivity contribution in [2.75, 3.05) is 7.11 Å². The van der Waals surface area contributed by atoms with Crippen molar-refractivity contribution < 1.29 is 9.84 Å². The zero-order chi connectivity index (χ0) is 6.69. The van der Waals surface area contributed by atoms with Crippen LogP contribution in [0.25, 0.3) is 0 Å². The summed E-state index contributed by atoms with van der Waals surface area (Å²) in [7, 11) is 1.59. The third-order valence-electron chi connectivity index (χ3n) is 1.07. The number of hydrogen-bond donors (Lipinski definition) is 1. The molecule has 1 aromatic rings. The molecular weight excluding hydrogens is 155 g/mol. The molecule has 1 rings (SSSR count). The number of hydrogen-bond acceptors (Lipinski definition) is 2. The molecule has 10 heavy (non-hydrogen) atoms. The Morgan fingerprint density at radius 2 is 1.70 bits per heavy atom. The molecule has 0 aromatic heterocycles. The summed E-state index contributed by atoms with van der Waals surface area (Å²) < 4.78 is 4.86. The second-order valence-electron chi connectivity index (χ2n) is 1.70. The number of phenols is 1. The first-order valence-electron chi connectivity index (χ1n) is 2.66. The van der Waals surface area contributed by atoms with Gasteiger partial charge in [0.1, 0.15) is 11.5 Å². The van der Waals surface area contributed by atoms with Crippen LogP contribution in [0.2, 0.25) is 0 Å². The third-order valence-corrected chi connectivity index (χ3v) is 1.07. The van der Waals surface area contributed by atoms with Gasteiger partial charge in [0, 0.05) is 0 Å². The van der Waals surface area contributed by atoms with E-state index < -0.39 is 0 Å². The zero-order valence-electron chi connectivity index (χ0n) is 5.16. The minimum atomic E-state index is 0. The predicted molar refractivity (Wildman–Crippen MR) is 41.8 cm³/mol. The van der Waals surface area contributed by atoms with E-state index in [4.69, 9.17) is 9.84 Å². The number of rotatable bonds is 1. The Bertz CT molecular complexity index is 183. The van der Waals surface area contributed by atoms with E-state index in [-0.39, 0.29) is 57.1 Å². The first-order chi connectivity index (χ1) is 4.33. The maximum atomic E-state index is 8.80. The van der Waals surface area contributed by atoms with E-state index in [1.54, 1.807) is 31.4 Å². The summed E-state index contributed by atoms with van der Waals surface area (Å²) in [6.07, 6.45) is 0. The molecule has 0 aliphatic carbocycles. The van der Waals surface area contributed by atoms with Gasteiger partial charge >= 0.3 is 51.4 Å². The van der Waals surface area contributed by atoms with Crippen molar-refractivity contribution in [3.63, 3.8) is 0 Å². The normalized spacial score (nSPS) is 8.10. The summed E-state index contributed by atoms with van der Waals surface area (Å²) in [6.45, 7) is 0. The van der Waals surface area contributed by atoms with E-state index in [1.165, 1.54) is 0 Å². The van der Waals surface area contributed by atoms with Crippen LogP contribution < -0.4 is 4.74 Å². The van der Waals surface area contributed by atoms with Gasteiger partial charge in [0.15, 0.2) is 0 Å². The molecule has 0 saturated carbocycles. The molecule has 2 nitrogen and oxygen atoms in total. The van der Waals surface area contributed by atoms with E-state index in [9.17, 15) is 0 Å². The monoisotopic (exact) mass is 164 g/mol. The minimum absolute atomic E-state index is 0. The molecule has 50 valence electrons. The molecule has 0 atom stereocenters. The van der Waals surface area contributed by atoms with E-state index in [0.29, 0.717) is 0 Å². The molecule has 1 aromatic carbocycles. The fourth-order valence-corrected chi connectivity index (χ4v) is 0.582. The summed E-state index contributed by atoms with van der Waals surface area (Å²) in [6, 6.07) is 6.57. The van der Waals surface area contributed by atoms with Gasteiger partial charge in [-0.1, -0.05) is 0 Å². The molecule has 0 unspecified atom stereocenters. The average molecular weight is 164 g/mol. The predicted octanol–water partition coefficient (Wildman–Crippen LogP) is 0.752. The Kier molecular flexibility index (Phi) is 5.39. The Morgan fingerprint density at radius 1 is 1.20 bits per heavy atom. The molecule has 0 spiro atoms. The van der Waals surface area contributed by atoms with Crippen molar-refractivity contribution in [1.82, 2.24) is 0 Å². The van der Waals surface area contributed by atoms with E-state index in [2.05, 4.69) is 0 Å². The van der Waals surface area contributed by atoms with Crippen molar-refractivity contribution in [2.24, 2.45) is 0 Å². The Hall–Kier alpha value is 0.456. The molecule has 0 aliphatic heterocycles. The number of aromatic hydroxyl groups is 1. The van der Waals surface area contributed by atoms with Crippen LogP contribution in [0.3, 0.4) is 0 Å². The van der Waals surface area contributed by atoms with Gasteiger partial charge in [0.25, 0.3) is 0 Å². The molecule has 0 amide bonds. The van der Waals surface area contributed by atoms with Crippen molar-refractivity contribution >= 4 is 51.4 Å². The number of phenolic OH excluding ortho intramolecular Hbond substituents is 1. The molecule has 0 aliphatic rings. The zero-order valence-corrected chi connectivity index (χ0v) is 5.16. The average Bonchev–Trinajstić information content (AvgIpc) is 1.90. The SMILES string of the molecule is COc1ccc(O)cc1.[KH]. The summed E-state index contributed by atoms with van der Waals surface area (Å²) in [4.78, 5) is 0. The quantitative estimate of drug-likeness (QED) is 0.621. The van der Waals surface area contributed by atoms with E-state index in [0.717, 1.165) is 5.75 Å². The number of methoxy groups -OCH3 is 1. The Morgan fingerprint density at radius 3 is 2.10 bits per heavy atom. The summed E-state index contributed by atoms with van der Waals surface area (Å²) in [5.41, 5.74) is 0. The molecule has 3 heteroatoms. The molecule has 0 radical (unpaired) electrons. The Balaban J connectivity index is 0.000000810. The fraction of sp³-hybridized carbons (Fsp3) is 0.143. The van der Waals surface area contributed by atoms with Crippen LogP contribution in [0.1, 0.15) is 0 Å². The third kappa shape index (κ3) is 3.03. The standard InChI is InChI=1S/C7H8O2.K.H/c1-9-7-4-2-6(8)3-5-7;;/h2-5,8H,1H3;;. The van der Waals surface area contributed by atoms with Crippen LogP contribution in [0.15, 0.2) is 24.3 Å². The van der Waals surface area contributed by atoms with Crippen LogP contribution >= 0.6 is 0 Å². The first kappa shape index (κ1) is 10.5. The topological polar surface area (TPSA) is 29.5 Å². The summed E-state index contributed by atoms with van der Waals surface area (Å²) in [5, 5.41) is 8.80. The van der Waals surface area contributed by atoms with Gasteiger partial charge in [0.05, 0.1) is 7.11 Å². The second kappa shape index (κ2) is 5.15. The van der Waals surface area contributed by atoms with Crippen molar-refractivity contribution in [1.29, 1.82) is 0 Å². The van der Waals surface area contributed by atoms with E-state index >= 15 is 0 Å². The number of ether oxygens (including phenoxy) is 1. The van der Waals surface area contributed by atoms with Crippen molar-refractivity contribution in [3.8, 4) is 11.5 Å². The summed E-state index contributed by atoms with van der Waals surface area (Å²) >= 11 is 0. The van der Waals surface area contributed by atoms with Crippen molar-refractivity contribution in [2.45, 2.75) is 0 Å². The van der Waals surface area contributed by atoms with Crippen LogP contribution in [0, 0.1) is 0 Å². The molecule has 0 heterocycles. The van der Waals surface area contributed by atoms with Crippen molar-refractivity contribution in [3.05, 3.63) is 24.3 Å². The summed E-state index contributed by atoms with van der Waals surface area (Å²) in [5.74, 6) is 1.02. The van der Waals surface area contributed by atoms with Crippen LogP contribution in [0.5, 0.6) is 11.5 Å².